The molecule has 118 valence electrons. The van der Waals surface area contributed by atoms with Crippen molar-refractivity contribution in [2.45, 2.75) is 32.0 Å². The van der Waals surface area contributed by atoms with Crippen LogP contribution in [0.3, 0.4) is 0 Å². The molecule has 0 bridgehead atoms. The van der Waals surface area contributed by atoms with E-state index < -0.39 is 11.7 Å². The van der Waals surface area contributed by atoms with Gasteiger partial charge in [-0.05, 0) is 25.0 Å². The summed E-state index contributed by atoms with van der Waals surface area (Å²) in [6.07, 6.45) is -2.51. The Morgan fingerprint density at radius 1 is 1.38 bits per heavy atom. The molecule has 5 nitrogen and oxygen atoms in total. The number of alkyl halides is 3. The van der Waals surface area contributed by atoms with Crippen molar-refractivity contribution in [3.63, 3.8) is 0 Å². The van der Waals surface area contributed by atoms with Gasteiger partial charge in [0.25, 0.3) is 0 Å². The van der Waals surface area contributed by atoms with Crippen molar-refractivity contribution in [1.82, 2.24) is 4.98 Å². The van der Waals surface area contributed by atoms with Gasteiger partial charge < -0.3 is 15.5 Å². The summed E-state index contributed by atoms with van der Waals surface area (Å²) in [4.78, 5) is 3.99. The molecule has 0 amide bonds. The van der Waals surface area contributed by atoms with Crippen molar-refractivity contribution < 1.29 is 17.9 Å². The van der Waals surface area contributed by atoms with Crippen LogP contribution in [-0.2, 0) is 10.9 Å². The van der Waals surface area contributed by atoms with E-state index >= 15 is 0 Å². The fourth-order valence-corrected chi connectivity index (χ4v) is 2.47. The highest BCUT2D eigenvalue weighted by Gasteiger charge is 2.32. The Morgan fingerprint density at radius 3 is 2.71 bits per heavy atom. The van der Waals surface area contributed by atoms with E-state index in [-0.39, 0.29) is 23.7 Å². The summed E-state index contributed by atoms with van der Waals surface area (Å²) in [7, 11) is 0. The minimum Gasteiger partial charge on any atom is -0.378 e. The first-order valence-electron chi connectivity index (χ1n) is 6.85. The summed E-state index contributed by atoms with van der Waals surface area (Å²) in [6.45, 7) is 3.25. The van der Waals surface area contributed by atoms with E-state index in [1.54, 1.807) is 0 Å². The van der Waals surface area contributed by atoms with Gasteiger partial charge in [-0.3, -0.25) is 0 Å². The number of anilines is 2. The Kier molecular flexibility index (Phi) is 4.89. The molecule has 1 fully saturated rings. The molecular formula is C13H19F3N4O. The maximum Gasteiger partial charge on any atom is 0.416 e. The van der Waals surface area contributed by atoms with Crippen LogP contribution in [0.4, 0.5) is 24.8 Å². The van der Waals surface area contributed by atoms with Crippen LogP contribution in [0.1, 0.15) is 25.3 Å². The Balaban J connectivity index is 2.09. The number of nitrogen functional groups attached to an aromatic ring is 1. The van der Waals surface area contributed by atoms with Crippen molar-refractivity contribution in [2.75, 3.05) is 23.9 Å². The molecule has 0 saturated carbocycles. The lowest BCUT2D eigenvalue weighted by Gasteiger charge is -2.18. The van der Waals surface area contributed by atoms with Gasteiger partial charge in [0, 0.05) is 19.1 Å². The molecule has 2 heterocycles. The number of hydrogen-bond donors (Lipinski definition) is 3. The van der Waals surface area contributed by atoms with E-state index in [1.165, 1.54) is 0 Å². The fraction of sp³-hybridized carbons (Fsp3) is 0.615. The van der Waals surface area contributed by atoms with Gasteiger partial charge in [0.2, 0.25) is 0 Å². The minimum atomic E-state index is -4.44. The first kappa shape index (κ1) is 15.8. The molecule has 1 aliphatic heterocycles. The third kappa shape index (κ3) is 3.98. The zero-order valence-electron chi connectivity index (χ0n) is 11.7. The first-order valence-corrected chi connectivity index (χ1v) is 6.85. The molecule has 0 radical (unpaired) electrons. The van der Waals surface area contributed by atoms with E-state index in [2.05, 4.69) is 15.7 Å². The summed E-state index contributed by atoms with van der Waals surface area (Å²) >= 11 is 0. The molecule has 1 aromatic rings. The highest BCUT2D eigenvalue weighted by Crippen LogP contribution is 2.32. The maximum absolute atomic E-state index is 12.8. The number of ether oxygens (including phenoxy) is 1. The number of hydrazine groups is 1. The second-order valence-corrected chi connectivity index (χ2v) is 5.02. The van der Waals surface area contributed by atoms with Gasteiger partial charge in [-0.25, -0.2) is 10.8 Å². The molecule has 8 heteroatoms. The monoisotopic (exact) mass is 304 g/mol. The molecule has 0 spiro atoms. The van der Waals surface area contributed by atoms with Gasteiger partial charge in [-0.2, -0.15) is 13.2 Å². The molecule has 1 aromatic heterocycles. The SMILES string of the molecule is CCC1OCCC1CNc1cc(C(F)(F)F)cc(NN)n1. The topological polar surface area (TPSA) is 72.2 Å². The summed E-state index contributed by atoms with van der Waals surface area (Å²) < 4.78 is 43.9. The van der Waals surface area contributed by atoms with Gasteiger partial charge in [-0.15, -0.1) is 0 Å². The van der Waals surface area contributed by atoms with Crippen LogP contribution in [0.25, 0.3) is 0 Å². The molecule has 1 saturated heterocycles. The zero-order chi connectivity index (χ0) is 15.5. The van der Waals surface area contributed by atoms with E-state index in [1.807, 2.05) is 6.92 Å². The number of nitrogens with one attached hydrogen (secondary N) is 2. The molecule has 4 N–H and O–H groups in total. The molecule has 21 heavy (non-hydrogen) atoms. The number of halogens is 3. The number of aromatic nitrogens is 1. The second-order valence-electron chi connectivity index (χ2n) is 5.02. The first-order chi connectivity index (χ1) is 9.94. The Hall–Kier alpha value is -1.54. The molecular weight excluding hydrogens is 285 g/mol. The Bertz CT molecular complexity index is 481. The van der Waals surface area contributed by atoms with Gasteiger partial charge in [0.15, 0.2) is 0 Å². The molecule has 2 rings (SSSR count). The average Bonchev–Trinajstić information content (AvgIpc) is 2.91. The molecule has 2 atom stereocenters. The van der Waals surface area contributed by atoms with Crippen LogP contribution < -0.4 is 16.6 Å². The number of hydrogen-bond acceptors (Lipinski definition) is 5. The van der Waals surface area contributed by atoms with E-state index in [0.717, 1.165) is 25.0 Å². The van der Waals surface area contributed by atoms with Crippen LogP contribution in [0.2, 0.25) is 0 Å². The summed E-state index contributed by atoms with van der Waals surface area (Å²) in [5.41, 5.74) is 1.36. The van der Waals surface area contributed by atoms with Gasteiger partial charge in [0.05, 0.1) is 11.7 Å². The summed E-state index contributed by atoms with van der Waals surface area (Å²) in [5, 5.41) is 2.95. The zero-order valence-corrected chi connectivity index (χ0v) is 11.7. The molecule has 0 aromatic carbocycles. The van der Waals surface area contributed by atoms with Gasteiger partial charge in [0.1, 0.15) is 11.6 Å². The van der Waals surface area contributed by atoms with Gasteiger partial charge in [-0.1, -0.05) is 6.92 Å². The second kappa shape index (κ2) is 6.48. The number of nitrogens with zero attached hydrogens (tertiary/aromatic N) is 1. The van der Waals surface area contributed by atoms with Crippen molar-refractivity contribution in [2.24, 2.45) is 11.8 Å². The van der Waals surface area contributed by atoms with Crippen LogP contribution in [-0.4, -0.2) is 24.2 Å². The minimum absolute atomic E-state index is 0.0259. The molecule has 0 aliphatic carbocycles. The predicted octanol–water partition coefficient (Wildman–Crippen LogP) is 2.61. The fourth-order valence-electron chi connectivity index (χ4n) is 2.47. The Labute approximate surface area is 121 Å². The third-order valence-corrected chi connectivity index (χ3v) is 3.59. The Morgan fingerprint density at radius 2 is 2.10 bits per heavy atom. The smallest absolute Gasteiger partial charge is 0.378 e. The van der Waals surface area contributed by atoms with Crippen LogP contribution in [0.15, 0.2) is 12.1 Å². The van der Waals surface area contributed by atoms with Crippen LogP contribution in [0.5, 0.6) is 0 Å². The van der Waals surface area contributed by atoms with E-state index in [0.29, 0.717) is 13.2 Å². The van der Waals surface area contributed by atoms with Gasteiger partial charge >= 0.3 is 6.18 Å². The lowest BCUT2D eigenvalue weighted by molar-refractivity contribution is -0.137. The van der Waals surface area contributed by atoms with Crippen molar-refractivity contribution >= 4 is 11.6 Å². The highest BCUT2D eigenvalue weighted by atomic mass is 19.4. The maximum atomic E-state index is 12.8. The largest absolute Gasteiger partial charge is 0.416 e. The van der Waals surface area contributed by atoms with Crippen LogP contribution in [0, 0.1) is 5.92 Å². The third-order valence-electron chi connectivity index (χ3n) is 3.59. The van der Waals surface area contributed by atoms with E-state index in [9.17, 15) is 13.2 Å². The van der Waals surface area contributed by atoms with E-state index in [4.69, 9.17) is 10.6 Å². The molecule has 2 unspecified atom stereocenters. The van der Waals surface area contributed by atoms with Crippen molar-refractivity contribution in [3.05, 3.63) is 17.7 Å². The normalized spacial score (nSPS) is 22.3. The molecule has 1 aliphatic rings. The van der Waals surface area contributed by atoms with Crippen molar-refractivity contribution in [3.8, 4) is 0 Å². The predicted molar refractivity (Wildman–Crippen MR) is 73.7 cm³/mol. The number of nitrogens with two attached hydrogens (primary N) is 1. The lowest BCUT2D eigenvalue weighted by Crippen LogP contribution is -2.23. The quantitative estimate of drug-likeness (QED) is 0.576. The lowest BCUT2D eigenvalue weighted by atomic mass is 10.00. The number of pyridine rings is 1. The summed E-state index contributed by atoms with van der Waals surface area (Å²) in [6, 6.07) is 1.86. The van der Waals surface area contributed by atoms with Crippen LogP contribution >= 0.6 is 0 Å². The van der Waals surface area contributed by atoms with Crippen molar-refractivity contribution in [1.29, 1.82) is 0 Å². The number of rotatable bonds is 5. The standard InChI is InChI=1S/C13H19F3N4O/c1-2-10-8(3-4-21-10)7-18-11-5-9(13(14,15)16)6-12(19-11)20-17/h5-6,8,10H,2-4,7,17H2,1H3,(H2,18,19,20). The average molecular weight is 304 g/mol. The summed E-state index contributed by atoms with van der Waals surface area (Å²) in [5.74, 6) is 5.57. The highest BCUT2D eigenvalue weighted by molar-refractivity contribution is 5.49.